The Bertz CT molecular complexity index is 98.5. The number of halogens is 1. The molecule has 0 amide bonds. The Morgan fingerprint density at radius 3 is 2.50 bits per heavy atom. The summed E-state index contributed by atoms with van der Waals surface area (Å²) in [5, 5.41) is 3.39. The van der Waals surface area contributed by atoms with Gasteiger partial charge in [-0.2, -0.15) is 0 Å². The zero-order valence-electron chi connectivity index (χ0n) is 8.27. The fraction of sp³-hybridized carbons (Fsp3) is 1.00. The van der Waals surface area contributed by atoms with Crippen LogP contribution in [0.5, 0.6) is 0 Å². The Morgan fingerprint density at radius 1 is 1.42 bits per heavy atom. The highest BCUT2D eigenvalue weighted by Gasteiger charge is 2.09. The van der Waals surface area contributed by atoms with Gasteiger partial charge in [0.05, 0.1) is 0 Å². The van der Waals surface area contributed by atoms with Gasteiger partial charge >= 0.3 is 0 Å². The molecule has 1 atom stereocenters. The van der Waals surface area contributed by atoms with Crippen molar-refractivity contribution in [3.8, 4) is 0 Å². The van der Waals surface area contributed by atoms with Crippen molar-refractivity contribution in [3.05, 3.63) is 0 Å². The minimum absolute atomic E-state index is 0.434. The second kappa shape index (κ2) is 7.84. The van der Waals surface area contributed by atoms with Crippen molar-refractivity contribution in [2.24, 2.45) is 5.92 Å². The molecule has 0 rings (SSSR count). The van der Waals surface area contributed by atoms with E-state index in [1.54, 1.807) is 7.11 Å². The molecule has 0 aliphatic rings. The molecule has 0 aliphatic heterocycles. The van der Waals surface area contributed by atoms with E-state index in [1.165, 1.54) is 0 Å². The van der Waals surface area contributed by atoms with Crippen LogP contribution in [0.4, 0.5) is 0 Å². The van der Waals surface area contributed by atoms with E-state index in [4.69, 9.17) is 16.3 Å². The zero-order chi connectivity index (χ0) is 9.40. The van der Waals surface area contributed by atoms with Crippen LogP contribution < -0.4 is 5.32 Å². The lowest BCUT2D eigenvalue weighted by molar-refractivity contribution is 0.192. The third-order valence-electron chi connectivity index (χ3n) is 1.90. The van der Waals surface area contributed by atoms with Crippen molar-refractivity contribution < 1.29 is 4.74 Å². The fourth-order valence-corrected chi connectivity index (χ4v) is 1.44. The van der Waals surface area contributed by atoms with Crippen molar-refractivity contribution in [1.82, 2.24) is 5.32 Å². The van der Waals surface area contributed by atoms with Crippen molar-refractivity contribution in [1.29, 1.82) is 0 Å². The van der Waals surface area contributed by atoms with Crippen molar-refractivity contribution in [2.75, 3.05) is 26.1 Å². The van der Waals surface area contributed by atoms with Crippen LogP contribution >= 0.6 is 11.6 Å². The quantitative estimate of drug-likeness (QED) is 0.493. The second-order valence-corrected chi connectivity index (χ2v) is 3.61. The Morgan fingerprint density at radius 2 is 2.08 bits per heavy atom. The highest BCUT2D eigenvalue weighted by molar-refractivity contribution is 6.18. The van der Waals surface area contributed by atoms with Crippen LogP contribution in [0.1, 0.15) is 20.3 Å². The lowest BCUT2D eigenvalue weighted by Crippen LogP contribution is -2.36. The molecule has 0 aromatic carbocycles. The summed E-state index contributed by atoms with van der Waals surface area (Å²) in [5.74, 6) is 1.29. The summed E-state index contributed by atoms with van der Waals surface area (Å²) in [7, 11) is 1.72. The number of methoxy groups -OCH3 is 1. The van der Waals surface area contributed by atoms with Gasteiger partial charge < -0.3 is 10.1 Å². The standard InChI is InChI=1S/C9H20ClNO/c1-8(2)9(7-10)11-5-4-6-12-3/h8-9,11H,4-7H2,1-3H3. The highest BCUT2D eigenvalue weighted by atomic mass is 35.5. The van der Waals surface area contributed by atoms with Crippen molar-refractivity contribution in [3.63, 3.8) is 0 Å². The van der Waals surface area contributed by atoms with Crippen LogP contribution in [0.15, 0.2) is 0 Å². The van der Waals surface area contributed by atoms with Crippen LogP contribution in [-0.4, -0.2) is 32.2 Å². The summed E-state index contributed by atoms with van der Waals surface area (Å²) in [5.41, 5.74) is 0. The maximum absolute atomic E-state index is 5.78. The normalized spacial score (nSPS) is 13.8. The molecule has 0 saturated carbocycles. The highest BCUT2D eigenvalue weighted by Crippen LogP contribution is 2.02. The van der Waals surface area contributed by atoms with E-state index >= 15 is 0 Å². The molecular formula is C9H20ClNO. The van der Waals surface area contributed by atoms with Crippen LogP contribution in [-0.2, 0) is 4.74 Å². The fourth-order valence-electron chi connectivity index (χ4n) is 0.972. The van der Waals surface area contributed by atoms with Gasteiger partial charge in [-0.25, -0.2) is 0 Å². The first-order valence-corrected chi connectivity index (χ1v) is 5.04. The summed E-state index contributed by atoms with van der Waals surface area (Å²) in [6.45, 7) is 6.16. The van der Waals surface area contributed by atoms with Crippen LogP contribution in [0.25, 0.3) is 0 Å². The minimum atomic E-state index is 0.434. The molecule has 0 spiro atoms. The number of rotatable bonds is 7. The van der Waals surface area contributed by atoms with Gasteiger partial charge in [0.25, 0.3) is 0 Å². The molecule has 74 valence electrons. The van der Waals surface area contributed by atoms with Crippen LogP contribution in [0.3, 0.4) is 0 Å². The molecule has 0 fully saturated rings. The molecule has 12 heavy (non-hydrogen) atoms. The lowest BCUT2D eigenvalue weighted by Gasteiger charge is -2.19. The SMILES string of the molecule is COCCCNC(CCl)C(C)C. The predicted molar refractivity (Wildman–Crippen MR) is 53.8 cm³/mol. The number of ether oxygens (including phenoxy) is 1. The molecular weight excluding hydrogens is 174 g/mol. The third-order valence-corrected chi connectivity index (χ3v) is 2.24. The number of alkyl halides is 1. The maximum Gasteiger partial charge on any atom is 0.0474 e. The summed E-state index contributed by atoms with van der Waals surface area (Å²) in [6.07, 6.45) is 1.05. The first-order chi connectivity index (χ1) is 5.72. The first kappa shape index (κ1) is 12.2. The Kier molecular flexibility index (Phi) is 7.98. The molecule has 1 N–H and O–H groups in total. The summed E-state index contributed by atoms with van der Waals surface area (Å²) in [6, 6.07) is 0.434. The topological polar surface area (TPSA) is 21.3 Å². The van der Waals surface area contributed by atoms with Gasteiger partial charge in [-0.3, -0.25) is 0 Å². The van der Waals surface area contributed by atoms with E-state index in [1.807, 2.05) is 0 Å². The summed E-state index contributed by atoms with van der Waals surface area (Å²) >= 11 is 5.78. The number of hydrogen-bond donors (Lipinski definition) is 1. The first-order valence-electron chi connectivity index (χ1n) is 4.50. The van der Waals surface area contributed by atoms with E-state index in [2.05, 4.69) is 19.2 Å². The second-order valence-electron chi connectivity index (χ2n) is 3.31. The maximum atomic E-state index is 5.78. The smallest absolute Gasteiger partial charge is 0.0474 e. The minimum Gasteiger partial charge on any atom is -0.385 e. The van der Waals surface area contributed by atoms with Gasteiger partial charge in [-0.1, -0.05) is 13.8 Å². The molecule has 0 bridgehead atoms. The predicted octanol–water partition coefficient (Wildman–Crippen LogP) is 1.88. The average molecular weight is 194 g/mol. The molecule has 1 unspecified atom stereocenters. The molecule has 0 heterocycles. The average Bonchev–Trinajstić information content (AvgIpc) is 2.04. The van der Waals surface area contributed by atoms with Gasteiger partial charge in [0, 0.05) is 25.6 Å². The summed E-state index contributed by atoms with van der Waals surface area (Å²) < 4.78 is 4.94. The molecule has 0 radical (unpaired) electrons. The van der Waals surface area contributed by atoms with Gasteiger partial charge in [-0.15, -0.1) is 11.6 Å². The molecule has 0 aliphatic carbocycles. The zero-order valence-corrected chi connectivity index (χ0v) is 9.03. The van der Waals surface area contributed by atoms with E-state index in [-0.39, 0.29) is 0 Å². The third kappa shape index (κ3) is 5.81. The lowest BCUT2D eigenvalue weighted by atomic mass is 10.1. The van der Waals surface area contributed by atoms with E-state index in [0.717, 1.165) is 19.6 Å². The van der Waals surface area contributed by atoms with Crippen molar-refractivity contribution in [2.45, 2.75) is 26.3 Å². The van der Waals surface area contributed by atoms with Gasteiger partial charge in [0.2, 0.25) is 0 Å². The Hall–Kier alpha value is 0.210. The summed E-state index contributed by atoms with van der Waals surface area (Å²) in [4.78, 5) is 0. The number of nitrogens with one attached hydrogen (secondary N) is 1. The number of hydrogen-bond acceptors (Lipinski definition) is 2. The Labute approximate surface area is 80.6 Å². The Balaban J connectivity index is 3.32. The van der Waals surface area contributed by atoms with E-state index < -0.39 is 0 Å². The van der Waals surface area contributed by atoms with Gasteiger partial charge in [0.15, 0.2) is 0 Å². The molecule has 0 aromatic rings. The van der Waals surface area contributed by atoms with E-state index in [9.17, 15) is 0 Å². The van der Waals surface area contributed by atoms with E-state index in [0.29, 0.717) is 17.8 Å². The largest absolute Gasteiger partial charge is 0.385 e. The monoisotopic (exact) mass is 193 g/mol. The molecule has 2 nitrogen and oxygen atoms in total. The van der Waals surface area contributed by atoms with Crippen LogP contribution in [0, 0.1) is 5.92 Å². The van der Waals surface area contributed by atoms with Gasteiger partial charge in [0.1, 0.15) is 0 Å². The van der Waals surface area contributed by atoms with Crippen LogP contribution in [0.2, 0.25) is 0 Å². The molecule has 0 saturated heterocycles. The van der Waals surface area contributed by atoms with Gasteiger partial charge in [-0.05, 0) is 18.9 Å². The molecule has 0 aromatic heterocycles. The molecule has 3 heteroatoms. The van der Waals surface area contributed by atoms with Crippen molar-refractivity contribution >= 4 is 11.6 Å².